The van der Waals surface area contributed by atoms with Gasteiger partial charge >= 0.3 is 0 Å². The van der Waals surface area contributed by atoms with Crippen molar-refractivity contribution in [3.8, 4) is 29.6 Å². The molecule has 1 aromatic rings. The zero-order valence-corrected chi connectivity index (χ0v) is 10.2. The monoisotopic (exact) mass is 235 g/mol. The molecule has 0 spiro atoms. The van der Waals surface area contributed by atoms with Gasteiger partial charge < -0.3 is 19.9 Å². The van der Waals surface area contributed by atoms with Gasteiger partial charge in [0.1, 0.15) is 0 Å². The Kier molecular flexibility index (Phi) is 5.18. The molecule has 0 saturated carbocycles. The highest BCUT2D eigenvalue weighted by atomic mass is 16.5. The number of terminal acetylenes is 1. The van der Waals surface area contributed by atoms with Gasteiger partial charge in [0, 0.05) is 13.0 Å². The lowest BCUT2D eigenvalue weighted by atomic mass is 10.2. The summed E-state index contributed by atoms with van der Waals surface area (Å²) < 4.78 is 16.1. The molecule has 4 nitrogen and oxygen atoms in total. The predicted molar refractivity (Wildman–Crippen MR) is 66.4 cm³/mol. The Morgan fingerprint density at radius 2 is 1.82 bits per heavy atom. The maximum Gasteiger partial charge on any atom is 0.203 e. The fourth-order valence-corrected chi connectivity index (χ4v) is 1.41. The first-order chi connectivity index (χ1) is 8.26. The molecular formula is C13H17NO3. The van der Waals surface area contributed by atoms with Gasteiger partial charge in [0.25, 0.3) is 0 Å². The molecule has 0 atom stereocenters. The van der Waals surface area contributed by atoms with E-state index in [9.17, 15) is 0 Å². The third kappa shape index (κ3) is 3.30. The van der Waals surface area contributed by atoms with Gasteiger partial charge in [0.15, 0.2) is 11.5 Å². The molecule has 0 aromatic heterocycles. The number of hydrogen-bond donors (Lipinski definition) is 1. The maximum atomic E-state index is 5.59. The number of nitrogens with two attached hydrogens (primary N) is 1. The Morgan fingerprint density at radius 3 is 2.24 bits per heavy atom. The first-order valence-electron chi connectivity index (χ1n) is 5.28. The van der Waals surface area contributed by atoms with Crippen molar-refractivity contribution in [3.05, 3.63) is 17.7 Å². The van der Waals surface area contributed by atoms with Crippen LogP contribution in [0.1, 0.15) is 12.0 Å². The fourth-order valence-electron chi connectivity index (χ4n) is 1.41. The lowest BCUT2D eigenvalue weighted by Crippen LogP contribution is -2.03. The zero-order valence-electron chi connectivity index (χ0n) is 10.2. The molecule has 92 valence electrons. The first kappa shape index (κ1) is 13.2. The van der Waals surface area contributed by atoms with Crippen LogP contribution in [0.5, 0.6) is 17.2 Å². The predicted octanol–water partition coefficient (Wildman–Crippen LogP) is 1.56. The second-order valence-corrected chi connectivity index (χ2v) is 3.34. The molecule has 0 aliphatic rings. The highest BCUT2D eigenvalue weighted by molar-refractivity contribution is 5.53. The zero-order chi connectivity index (χ0) is 12.7. The van der Waals surface area contributed by atoms with E-state index in [1.165, 1.54) is 0 Å². The van der Waals surface area contributed by atoms with Gasteiger partial charge in [-0.1, -0.05) is 0 Å². The average molecular weight is 235 g/mol. The Balaban J connectivity index is 3.02. The minimum absolute atomic E-state index is 0.414. The van der Waals surface area contributed by atoms with Crippen LogP contribution in [0.3, 0.4) is 0 Å². The number of hydrogen-bond acceptors (Lipinski definition) is 4. The first-order valence-corrected chi connectivity index (χ1v) is 5.28. The number of benzene rings is 1. The summed E-state index contributed by atoms with van der Waals surface area (Å²) in [6.45, 7) is 0.836. The largest absolute Gasteiger partial charge is 0.493 e. The second kappa shape index (κ2) is 6.66. The maximum absolute atomic E-state index is 5.59. The van der Waals surface area contributed by atoms with Crippen LogP contribution in [-0.4, -0.2) is 20.8 Å². The minimum atomic E-state index is 0.414. The van der Waals surface area contributed by atoms with E-state index in [0.29, 0.717) is 36.8 Å². The van der Waals surface area contributed by atoms with E-state index in [1.807, 2.05) is 12.1 Å². The third-order valence-corrected chi connectivity index (χ3v) is 2.25. The molecule has 0 amide bonds. The van der Waals surface area contributed by atoms with Crippen molar-refractivity contribution >= 4 is 0 Å². The van der Waals surface area contributed by atoms with Crippen molar-refractivity contribution in [2.24, 2.45) is 5.73 Å². The summed E-state index contributed by atoms with van der Waals surface area (Å²) in [6, 6.07) is 3.65. The Hall–Kier alpha value is -1.86. The summed E-state index contributed by atoms with van der Waals surface area (Å²) in [5.41, 5.74) is 6.51. The lowest BCUT2D eigenvalue weighted by Gasteiger charge is -2.15. The lowest BCUT2D eigenvalue weighted by molar-refractivity contribution is 0.280. The summed E-state index contributed by atoms with van der Waals surface area (Å²) >= 11 is 0. The van der Waals surface area contributed by atoms with Crippen LogP contribution >= 0.6 is 0 Å². The second-order valence-electron chi connectivity index (χ2n) is 3.34. The van der Waals surface area contributed by atoms with E-state index in [-0.39, 0.29) is 0 Å². The van der Waals surface area contributed by atoms with Crippen LogP contribution < -0.4 is 19.9 Å². The quantitative estimate of drug-likeness (QED) is 0.600. The van der Waals surface area contributed by atoms with Crippen molar-refractivity contribution < 1.29 is 14.2 Å². The van der Waals surface area contributed by atoms with Crippen LogP contribution in [0, 0.1) is 12.3 Å². The van der Waals surface area contributed by atoms with Crippen LogP contribution in [-0.2, 0) is 6.54 Å². The topological polar surface area (TPSA) is 53.7 Å². The molecule has 0 bridgehead atoms. The van der Waals surface area contributed by atoms with Crippen LogP contribution in [0.4, 0.5) is 0 Å². The summed E-state index contributed by atoms with van der Waals surface area (Å²) in [4.78, 5) is 0. The third-order valence-electron chi connectivity index (χ3n) is 2.25. The highest BCUT2D eigenvalue weighted by Crippen LogP contribution is 2.38. The van der Waals surface area contributed by atoms with E-state index in [1.54, 1.807) is 14.2 Å². The Morgan fingerprint density at radius 1 is 1.24 bits per heavy atom. The normalized spacial score (nSPS) is 9.53. The van der Waals surface area contributed by atoms with Gasteiger partial charge in [-0.05, 0) is 17.7 Å². The van der Waals surface area contributed by atoms with Crippen molar-refractivity contribution in [2.45, 2.75) is 13.0 Å². The van der Waals surface area contributed by atoms with Crippen molar-refractivity contribution in [3.63, 3.8) is 0 Å². The van der Waals surface area contributed by atoms with Gasteiger partial charge in [-0.3, -0.25) is 0 Å². The van der Waals surface area contributed by atoms with E-state index >= 15 is 0 Å². The molecule has 0 fully saturated rings. The summed E-state index contributed by atoms with van der Waals surface area (Å²) in [5, 5.41) is 0. The van der Waals surface area contributed by atoms with E-state index in [2.05, 4.69) is 5.92 Å². The molecule has 0 saturated heterocycles. The van der Waals surface area contributed by atoms with Gasteiger partial charge in [-0.15, -0.1) is 12.3 Å². The summed E-state index contributed by atoms with van der Waals surface area (Å²) in [6.07, 6.45) is 5.70. The molecular weight excluding hydrogens is 218 g/mol. The smallest absolute Gasteiger partial charge is 0.203 e. The number of rotatable bonds is 6. The fraction of sp³-hybridized carbons (Fsp3) is 0.385. The molecule has 4 heteroatoms. The summed E-state index contributed by atoms with van der Waals surface area (Å²) in [7, 11) is 3.15. The highest BCUT2D eigenvalue weighted by Gasteiger charge is 2.13. The molecule has 0 radical (unpaired) electrons. The minimum Gasteiger partial charge on any atom is -0.493 e. The van der Waals surface area contributed by atoms with Gasteiger partial charge in [-0.25, -0.2) is 0 Å². The van der Waals surface area contributed by atoms with E-state index in [4.69, 9.17) is 26.4 Å². The SMILES string of the molecule is C#CCCOc1c(OC)cc(CN)cc1OC. The molecule has 0 aliphatic carbocycles. The summed E-state index contributed by atoms with van der Waals surface area (Å²) in [5.74, 6) is 4.26. The standard InChI is InChI=1S/C13H17NO3/c1-4-5-6-17-13-11(15-2)7-10(9-14)8-12(13)16-3/h1,7-8H,5-6,9,14H2,2-3H3. The molecule has 1 rings (SSSR count). The van der Waals surface area contributed by atoms with Gasteiger partial charge in [0.05, 0.1) is 20.8 Å². The molecule has 0 aliphatic heterocycles. The van der Waals surface area contributed by atoms with Crippen LogP contribution in [0.15, 0.2) is 12.1 Å². The van der Waals surface area contributed by atoms with E-state index in [0.717, 1.165) is 5.56 Å². The number of methoxy groups -OCH3 is 2. The Labute approximate surface area is 102 Å². The number of ether oxygens (including phenoxy) is 3. The van der Waals surface area contributed by atoms with E-state index < -0.39 is 0 Å². The Bertz CT molecular complexity index is 385. The molecule has 1 aromatic carbocycles. The average Bonchev–Trinajstić information content (AvgIpc) is 2.38. The van der Waals surface area contributed by atoms with Crippen molar-refractivity contribution in [1.82, 2.24) is 0 Å². The molecule has 17 heavy (non-hydrogen) atoms. The molecule has 0 unspecified atom stereocenters. The van der Waals surface area contributed by atoms with Crippen molar-refractivity contribution in [2.75, 3.05) is 20.8 Å². The van der Waals surface area contributed by atoms with Gasteiger partial charge in [-0.2, -0.15) is 0 Å². The van der Waals surface area contributed by atoms with Gasteiger partial charge in [0.2, 0.25) is 5.75 Å². The molecule has 2 N–H and O–H groups in total. The molecule has 0 heterocycles. The van der Waals surface area contributed by atoms with Crippen molar-refractivity contribution in [1.29, 1.82) is 0 Å². The van der Waals surface area contributed by atoms with Crippen LogP contribution in [0.2, 0.25) is 0 Å². The van der Waals surface area contributed by atoms with Crippen LogP contribution in [0.25, 0.3) is 0 Å².